The van der Waals surface area contributed by atoms with Crippen LogP contribution in [0.3, 0.4) is 0 Å². The van der Waals surface area contributed by atoms with Gasteiger partial charge >= 0.3 is 0 Å². The number of halogens is 1. The fourth-order valence-electron chi connectivity index (χ4n) is 6.11. The minimum Gasteiger partial charge on any atom is -0.457 e. The Morgan fingerprint density at radius 2 is 1.24 bits per heavy atom. The van der Waals surface area contributed by atoms with E-state index in [1.165, 1.54) is 22.3 Å². The summed E-state index contributed by atoms with van der Waals surface area (Å²) in [4.78, 5) is 0. The zero-order chi connectivity index (χ0) is 22.4. The fourth-order valence-corrected chi connectivity index (χ4v) is 6.33. The predicted molar refractivity (Wildman–Crippen MR) is 136 cm³/mol. The molecule has 1 spiro atoms. The summed E-state index contributed by atoms with van der Waals surface area (Å²) in [6, 6.07) is 36.1. The molecule has 0 saturated heterocycles. The maximum atomic E-state index is 6.54. The van der Waals surface area contributed by atoms with E-state index in [0.29, 0.717) is 10.6 Å². The molecule has 2 aliphatic rings. The molecule has 0 amide bonds. The van der Waals surface area contributed by atoms with Crippen LogP contribution >= 0.6 is 11.6 Å². The number of para-hydroxylation sites is 2. The van der Waals surface area contributed by atoms with Gasteiger partial charge in [0.05, 0.1) is 10.4 Å². The Morgan fingerprint density at radius 1 is 0.559 bits per heavy atom. The van der Waals surface area contributed by atoms with E-state index in [-0.39, 0.29) is 0 Å². The highest BCUT2D eigenvalue weighted by Crippen LogP contribution is 2.62. The first-order valence-corrected chi connectivity index (χ1v) is 11.8. The van der Waals surface area contributed by atoms with Gasteiger partial charge in [-0.25, -0.2) is 0 Å². The molecular formula is C31H17ClO2. The first-order valence-electron chi connectivity index (χ1n) is 11.4. The fraction of sp³-hybridized carbons (Fsp3) is 0.0323. The first-order chi connectivity index (χ1) is 16.8. The quantitative estimate of drug-likeness (QED) is 0.227. The third kappa shape index (κ3) is 2.08. The molecule has 2 heterocycles. The standard InChI is InChI=1S/C31H17ClO2/c32-26-14-7-10-20-21-16-25-29(17-28(21)34-30(20)26)33-27-15-6-5-13-24(27)31(25)22-11-3-1-8-18(22)19-9-2-4-12-23(19)31/h1-17H. The van der Waals surface area contributed by atoms with Gasteiger partial charge in [-0.1, -0.05) is 90.5 Å². The molecule has 0 fully saturated rings. The molecular weight excluding hydrogens is 440 g/mol. The highest BCUT2D eigenvalue weighted by molar-refractivity contribution is 6.35. The van der Waals surface area contributed by atoms with E-state index in [9.17, 15) is 0 Å². The van der Waals surface area contributed by atoms with Gasteiger partial charge in [0, 0.05) is 28.0 Å². The summed E-state index contributed by atoms with van der Waals surface area (Å²) in [5, 5.41) is 2.67. The Morgan fingerprint density at radius 3 is 2.00 bits per heavy atom. The highest BCUT2D eigenvalue weighted by atomic mass is 35.5. The van der Waals surface area contributed by atoms with Gasteiger partial charge in [0.25, 0.3) is 0 Å². The number of hydrogen-bond acceptors (Lipinski definition) is 2. The molecule has 5 aromatic carbocycles. The van der Waals surface area contributed by atoms with Crippen LogP contribution in [0.25, 0.3) is 33.1 Å². The van der Waals surface area contributed by atoms with Gasteiger partial charge in [0.1, 0.15) is 17.1 Å². The number of fused-ring (bicyclic) bond motifs is 12. The van der Waals surface area contributed by atoms with Crippen LogP contribution < -0.4 is 4.74 Å². The molecule has 1 aromatic heterocycles. The van der Waals surface area contributed by atoms with Gasteiger partial charge in [-0.15, -0.1) is 0 Å². The second-order valence-corrected chi connectivity index (χ2v) is 9.41. The number of ether oxygens (including phenoxy) is 1. The van der Waals surface area contributed by atoms with Crippen molar-refractivity contribution >= 4 is 33.5 Å². The van der Waals surface area contributed by atoms with Crippen molar-refractivity contribution in [2.45, 2.75) is 5.41 Å². The Balaban J connectivity index is 1.59. The van der Waals surface area contributed by atoms with Crippen molar-refractivity contribution in [2.24, 2.45) is 0 Å². The normalized spacial score (nSPS) is 14.5. The Hall–Kier alpha value is -4.01. The largest absolute Gasteiger partial charge is 0.457 e. The summed E-state index contributed by atoms with van der Waals surface area (Å²) < 4.78 is 12.8. The maximum Gasteiger partial charge on any atom is 0.153 e. The van der Waals surface area contributed by atoms with Crippen LogP contribution in [0.5, 0.6) is 11.5 Å². The van der Waals surface area contributed by atoms with Crippen molar-refractivity contribution in [1.82, 2.24) is 0 Å². The first kappa shape index (κ1) is 18.4. The lowest BCUT2D eigenvalue weighted by atomic mass is 9.66. The van der Waals surface area contributed by atoms with E-state index in [0.717, 1.165) is 39.0 Å². The molecule has 8 rings (SSSR count). The molecule has 0 bridgehead atoms. The average Bonchev–Trinajstić information content (AvgIpc) is 3.38. The van der Waals surface area contributed by atoms with Gasteiger partial charge in [-0.05, 0) is 40.5 Å². The Bertz CT molecular complexity index is 1760. The van der Waals surface area contributed by atoms with E-state index in [1.807, 2.05) is 24.3 Å². The lowest BCUT2D eigenvalue weighted by molar-refractivity contribution is 0.436. The lowest BCUT2D eigenvalue weighted by Gasteiger charge is -2.39. The van der Waals surface area contributed by atoms with E-state index in [4.69, 9.17) is 20.8 Å². The average molecular weight is 457 g/mol. The molecule has 0 atom stereocenters. The zero-order valence-corrected chi connectivity index (χ0v) is 18.8. The van der Waals surface area contributed by atoms with Gasteiger partial charge in [-0.3, -0.25) is 0 Å². The lowest BCUT2D eigenvalue weighted by Crippen LogP contribution is -2.32. The molecule has 1 aliphatic heterocycles. The molecule has 0 N–H and O–H groups in total. The van der Waals surface area contributed by atoms with Crippen LogP contribution in [-0.2, 0) is 5.41 Å². The summed E-state index contributed by atoms with van der Waals surface area (Å²) in [6.07, 6.45) is 0. The van der Waals surface area contributed by atoms with Crippen molar-refractivity contribution in [1.29, 1.82) is 0 Å². The van der Waals surface area contributed by atoms with Crippen molar-refractivity contribution in [3.63, 3.8) is 0 Å². The van der Waals surface area contributed by atoms with Crippen molar-refractivity contribution in [2.75, 3.05) is 0 Å². The number of hydrogen-bond donors (Lipinski definition) is 0. The summed E-state index contributed by atoms with van der Waals surface area (Å²) >= 11 is 6.49. The van der Waals surface area contributed by atoms with Crippen LogP contribution in [-0.4, -0.2) is 0 Å². The van der Waals surface area contributed by atoms with E-state index < -0.39 is 5.41 Å². The van der Waals surface area contributed by atoms with Crippen molar-refractivity contribution in [3.8, 4) is 22.6 Å². The van der Waals surface area contributed by atoms with Gasteiger partial charge in [0.15, 0.2) is 5.58 Å². The highest BCUT2D eigenvalue weighted by Gasteiger charge is 2.51. The van der Waals surface area contributed by atoms with Crippen LogP contribution in [0.4, 0.5) is 0 Å². The van der Waals surface area contributed by atoms with Gasteiger partial charge < -0.3 is 9.15 Å². The smallest absolute Gasteiger partial charge is 0.153 e. The summed E-state index contributed by atoms with van der Waals surface area (Å²) in [7, 11) is 0. The van der Waals surface area contributed by atoms with Crippen LogP contribution in [0.2, 0.25) is 5.02 Å². The molecule has 6 aromatic rings. The molecule has 3 heteroatoms. The number of rotatable bonds is 0. The predicted octanol–water partition coefficient (Wildman–Crippen LogP) is 8.71. The van der Waals surface area contributed by atoms with Crippen LogP contribution in [0, 0.1) is 0 Å². The van der Waals surface area contributed by atoms with E-state index >= 15 is 0 Å². The third-order valence-electron chi connectivity index (χ3n) is 7.42. The minimum absolute atomic E-state index is 0.478. The minimum atomic E-state index is -0.478. The van der Waals surface area contributed by atoms with E-state index in [2.05, 4.69) is 78.9 Å². The third-order valence-corrected chi connectivity index (χ3v) is 7.72. The second kappa shape index (κ2) is 6.31. The Labute approximate surface area is 201 Å². The van der Waals surface area contributed by atoms with Crippen LogP contribution in [0.1, 0.15) is 22.3 Å². The number of furan rings is 1. The SMILES string of the molecule is Clc1cccc2c1oc1cc3c(cc12)C1(c2ccccc2O3)c2ccccc2-c2ccccc21. The number of benzene rings is 5. The molecule has 160 valence electrons. The monoisotopic (exact) mass is 456 g/mol. The second-order valence-electron chi connectivity index (χ2n) is 9.00. The van der Waals surface area contributed by atoms with Gasteiger partial charge in [-0.2, -0.15) is 0 Å². The van der Waals surface area contributed by atoms with Gasteiger partial charge in [0.2, 0.25) is 0 Å². The molecule has 1 aliphatic carbocycles. The molecule has 0 radical (unpaired) electrons. The zero-order valence-electron chi connectivity index (χ0n) is 18.0. The van der Waals surface area contributed by atoms with Crippen molar-refractivity contribution in [3.05, 3.63) is 130 Å². The summed E-state index contributed by atoms with van der Waals surface area (Å²) in [5.41, 5.74) is 8.37. The summed E-state index contributed by atoms with van der Waals surface area (Å²) in [6.45, 7) is 0. The molecule has 0 saturated carbocycles. The van der Waals surface area contributed by atoms with Crippen LogP contribution in [0.15, 0.2) is 108 Å². The Kier molecular flexibility index (Phi) is 3.42. The molecule has 2 nitrogen and oxygen atoms in total. The summed E-state index contributed by atoms with van der Waals surface area (Å²) in [5.74, 6) is 1.68. The maximum absolute atomic E-state index is 6.54. The van der Waals surface area contributed by atoms with E-state index in [1.54, 1.807) is 0 Å². The molecule has 0 unspecified atom stereocenters. The van der Waals surface area contributed by atoms with Crippen molar-refractivity contribution < 1.29 is 9.15 Å². The molecule has 34 heavy (non-hydrogen) atoms. The topological polar surface area (TPSA) is 22.4 Å².